The number of nitro groups is 2. The predicted molar refractivity (Wildman–Crippen MR) is 72.8 cm³/mol. The second-order valence-electron chi connectivity index (χ2n) is 4.22. The van der Waals surface area contributed by atoms with Crippen molar-refractivity contribution in [3.8, 4) is 0 Å². The van der Waals surface area contributed by atoms with Crippen molar-refractivity contribution in [2.45, 2.75) is 27.7 Å². The van der Waals surface area contributed by atoms with E-state index in [-0.39, 0.29) is 17.1 Å². The van der Waals surface area contributed by atoms with Gasteiger partial charge < -0.3 is 4.90 Å². The Morgan fingerprint density at radius 3 is 2.00 bits per heavy atom. The molecule has 1 aromatic carbocycles. The average molecular weight is 267 g/mol. The highest BCUT2D eigenvalue weighted by Gasteiger charge is 2.31. The molecule has 0 heterocycles. The molecular weight excluding hydrogens is 250 g/mol. The van der Waals surface area contributed by atoms with Crippen molar-refractivity contribution in [1.29, 1.82) is 0 Å². The third kappa shape index (κ3) is 2.64. The van der Waals surface area contributed by atoms with Crippen molar-refractivity contribution in [2.75, 3.05) is 18.0 Å². The van der Waals surface area contributed by atoms with Crippen LogP contribution in [-0.4, -0.2) is 22.9 Å². The summed E-state index contributed by atoms with van der Waals surface area (Å²) in [7, 11) is 0. The molecule has 0 bridgehead atoms. The van der Waals surface area contributed by atoms with Crippen LogP contribution in [-0.2, 0) is 0 Å². The van der Waals surface area contributed by atoms with E-state index in [1.807, 2.05) is 13.8 Å². The van der Waals surface area contributed by atoms with Crippen molar-refractivity contribution < 1.29 is 9.85 Å². The van der Waals surface area contributed by atoms with Crippen molar-refractivity contribution in [3.05, 3.63) is 37.4 Å². The zero-order valence-electron chi connectivity index (χ0n) is 11.5. The average Bonchev–Trinajstić information content (AvgIpc) is 2.33. The summed E-state index contributed by atoms with van der Waals surface area (Å²) in [6.45, 7) is 7.82. The molecule has 104 valence electrons. The van der Waals surface area contributed by atoms with Gasteiger partial charge in [-0.1, -0.05) is 0 Å². The van der Waals surface area contributed by atoms with E-state index in [0.29, 0.717) is 24.2 Å². The number of benzene rings is 1. The Labute approximate surface area is 111 Å². The minimum absolute atomic E-state index is 0.100. The lowest BCUT2D eigenvalue weighted by Gasteiger charge is -2.21. The highest BCUT2D eigenvalue weighted by atomic mass is 16.6. The molecule has 1 aromatic rings. The van der Waals surface area contributed by atoms with Crippen molar-refractivity contribution in [1.82, 2.24) is 0 Å². The molecule has 0 fully saturated rings. The number of rotatable bonds is 5. The number of anilines is 1. The quantitative estimate of drug-likeness (QED) is 0.604. The van der Waals surface area contributed by atoms with Gasteiger partial charge in [-0.2, -0.15) is 0 Å². The third-order valence-electron chi connectivity index (χ3n) is 3.23. The second kappa shape index (κ2) is 5.64. The Bertz CT molecular complexity index is 524. The van der Waals surface area contributed by atoms with E-state index >= 15 is 0 Å². The van der Waals surface area contributed by atoms with Gasteiger partial charge in [0.1, 0.15) is 0 Å². The van der Waals surface area contributed by atoms with Gasteiger partial charge in [-0.25, -0.2) is 0 Å². The minimum Gasteiger partial charge on any atom is -0.361 e. The first-order chi connectivity index (χ1) is 8.84. The summed E-state index contributed by atoms with van der Waals surface area (Å²) in [5, 5.41) is 22.4. The van der Waals surface area contributed by atoms with E-state index in [2.05, 4.69) is 0 Å². The fourth-order valence-corrected chi connectivity index (χ4v) is 2.08. The Morgan fingerprint density at radius 1 is 1.11 bits per heavy atom. The number of aryl methyl sites for hydroxylation is 1. The van der Waals surface area contributed by atoms with Crippen molar-refractivity contribution in [2.24, 2.45) is 0 Å². The van der Waals surface area contributed by atoms with Gasteiger partial charge >= 0.3 is 5.69 Å². The SMILES string of the molecule is CCN(CC)c1c([N+](=O)[O-])cc(C)c(C)c1[N+](=O)[O-]. The van der Waals surface area contributed by atoms with Crippen LogP contribution in [0, 0.1) is 34.1 Å². The normalized spacial score (nSPS) is 10.3. The lowest BCUT2D eigenvalue weighted by Crippen LogP contribution is -2.24. The van der Waals surface area contributed by atoms with Gasteiger partial charge in [-0.3, -0.25) is 20.2 Å². The Kier molecular flexibility index (Phi) is 4.42. The molecule has 0 radical (unpaired) electrons. The first-order valence-corrected chi connectivity index (χ1v) is 6.03. The lowest BCUT2D eigenvalue weighted by atomic mass is 10.0. The Morgan fingerprint density at radius 2 is 1.63 bits per heavy atom. The standard InChI is InChI=1S/C12H17N3O4/c1-5-13(6-2)12-10(14(16)17)7-8(3)9(4)11(12)15(18)19/h7H,5-6H2,1-4H3. The van der Waals surface area contributed by atoms with Crippen molar-refractivity contribution >= 4 is 17.1 Å². The summed E-state index contributed by atoms with van der Waals surface area (Å²) in [6.07, 6.45) is 0. The second-order valence-corrected chi connectivity index (χ2v) is 4.22. The summed E-state index contributed by atoms with van der Waals surface area (Å²) in [5.41, 5.74) is 0.740. The van der Waals surface area contributed by atoms with Gasteiger partial charge in [-0.15, -0.1) is 0 Å². The molecule has 19 heavy (non-hydrogen) atoms. The molecule has 0 saturated carbocycles. The molecule has 0 spiro atoms. The lowest BCUT2D eigenvalue weighted by molar-refractivity contribution is -0.393. The first kappa shape index (κ1) is 14.9. The first-order valence-electron chi connectivity index (χ1n) is 6.03. The van der Waals surface area contributed by atoms with E-state index in [0.717, 1.165) is 0 Å². The van der Waals surface area contributed by atoms with E-state index in [4.69, 9.17) is 0 Å². The predicted octanol–water partition coefficient (Wildman–Crippen LogP) is 2.97. The van der Waals surface area contributed by atoms with Crippen LogP contribution in [0.3, 0.4) is 0 Å². The molecule has 0 aromatic heterocycles. The molecule has 0 saturated heterocycles. The van der Waals surface area contributed by atoms with Gasteiger partial charge in [-0.05, 0) is 33.3 Å². The third-order valence-corrected chi connectivity index (χ3v) is 3.23. The summed E-state index contributed by atoms with van der Waals surface area (Å²) in [5.74, 6) is 0. The molecular formula is C12H17N3O4. The van der Waals surface area contributed by atoms with Crippen LogP contribution in [0.4, 0.5) is 17.1 Å². The highest BCUT2D eigenvalue weighted by Crippen LogP contribution is 2.41. The van der Waals surface area contributed by atoms with Gasteiger partial charge in [0.25, 0.3) is 5.69 Å². The summed E-state index contributed by atoms with van der Waals surface area (Å²) >= 11 is 0. The van der Waals surface area contributed by atoms with Crippen LogP contribution in [0.15, 0.2) is 6.07 Å². The number of nitrogens with zero attached hydrogens (tertiary/aromatic N) is 3. The molecule has 0 aliphatic heterocycles. The fourth-order valence-electron chi connectivity index (χ4n) is 2.08. The monoisotopic (exact) mass is 267 g/mol. The van der Waals surface area contributed by atoms with E-state index in [1.165, 1.54) is 6.07 Å². The van der Waals surface area contributed by atoms with Crippen LogP contribution in [0.25, 0.3) is 0 Å². The molecule has 0 aliphatic rings. The Hall–Kier alpha value is -2.18. The minimum atomic E-state index is -0.562. The van der Waals surface area contributed by atoms with Crippen LogP contribution in [0.5, 0.6) is 0 Å². The van der Waals surface area contributed by atoms with E-state index < -0.39 is 9.85 Å². The number of hydrogen-bond donors (Lipinski definition) is 0. The Balaban J connectivity index is 3.75. The summed E-state index contributed by atoms with van der Waals surface area (Å²) < 4.78 is 0. The molecule has 0 aliphatic carbocycles. The van der Waals surface area contributed by atoms with Gasteiger partial charge in [0.2, 0.25) is 0 Å². The molecule has 7 nitrogen and oxygen atoms in total. The zero-order chi connectivity index (χ0) is 14.7. The van der Waals surface area contributed by atoms with Gasteiger partial charge in [0.05, 0.1) is 9.85 Å². The molecule has 0 unspecified atom stereocenters. The number of nitro benzene ring substituents is 2. The zero-order valence-corrected chi connectivity index (χ0v) is 11.5. The van der Waals surface area contributed by atoms with Crippen LogP contribution in [0.2, 0.25) is 0 Å². The summed E-state index contributed by atoms with van der Waals surface area (Å²) in [4.78, 5) is 23.0. The van der Waals surface area contributed by atoms with Crippen LogP contribution < -0.4 is 4.90 Å². The highest BCUT2D eigenvalue weighted by molar-refractivity contribution is 5.78. The number of hydrogen-bond acceptors (Lipinski definition) is 5. The molecule has 0 amide bonds. The maximum atomic E-state index is 11.3. The van der Waals surface area contributed by atoms with Crippen LogP contribution in [0.1, 0.15) is 25.0 Å². The van der Waals surface area contributed by atoms with Crippen molar-refractivity contribution in [3.63, 3.8) is 0 Å². The summed E-state index contributed by atoms with van der Waals surface area (Å²) in [6, 6.07) is 1.40. The molecule has 0 N–H and O–H groups in total. The van der Waals surface area contributed by atoms with E-state index in [9.17, 15) is 20.2 Å². The largest absolute Gasteiger partial charge is 0.361 e. The molecule has 1 rings (SSSR count). The van der Waals surface area contributed by atoms with Crippen LogP contribution >= 0.6 is 0 Å². The van der Waals surface area contributed by atoms with Gasteiger partial charge in [0, 0.05) is 24.7 Å². The topological polar surface area (TPSA) is 89.5 Å². The fraction of sp³-hybridized carbons (Fsp3) is 0.500. The maximum Gasteiger partial charge on any atom is 0.302 e. The van der Waals surface area contributed by atoms with E-state index in [1.54, 1.807) is 18.7 Å². The molecule has 0 atom stereocenters. The van der Waals surface area contributed by atoms with Gasteiger partial charge in [0.15, 0.2) is 5.69 Å². The molecule has 7 heteroatoms. The maximum absolute atomic E-state index is 11.3. The smallest absolute Gasteiger partial charge is 0.302 e.